The molecule has 0 saturated carbocycles. The Kier molecular flexibility index (Phi) is 5.52. The highest BCUT2D eigenvalue weighted by atomic mass is 32.2. The zero-order valence-electron chi connectivity index (χ0n) is 15.1. The number of nitrogens with zero attached hydrogens (tertiary/aromatic N) is 1. The number of thioether (sulfide) groups is 1. The standard InChI is InChI=1S/C20H22N2O3S/c1-13-8-9-14(2)18(10-13)26-12-19(23)22-11-17(20(24)21-3)25-16-7-5-4-6-15(16)22/h4-10,17H,11-12H2,1-3H3,(H,21,24)/t17-/m0/s1. The summed E-state index contributed by atoms with van der Waals surface area (Å²) in [5, 5.41) is 2.59. The van der Waals surface area contributed by atoms with E-state index in [1.165, 1.54) is 17.3 Å². The van der Waals surface area contributed by atoms with E-state index in [2.05, 4.69) is 23.5 Å². The van der Waals surface area contributed by atoms with Gasteiger partial charge in [-0.2, -0.15) is 0 Å². The van der Waals surface area contributed by atoms with E-state index in [0.717, 1.165) is 10.5 Å². The van der Waals surface area contributed by atoms with E-state index in [0.29, 0.717) is 17.2 Å². The molecular weight excluding hydrogens is 348 g/mol. The van der Waals surface area contributed by atoms with Crippen molar-refractivity contribution >= 4 is 29.3 Å². The molecule has 2 aromatic rings. The van der Waals surface area contributed by atoms with Gasteiger partial charge in [0.15, 0.2) is 6.10 Å². The van der Waals surface area contributed by atoms with Crippen molar-refractivity contribution in [2.75, 3.05) is 24.2 Å². The van der Waals surface area contributed by atoms with Gasteiger partial charge in [-0.1, -0.05) is 29.8 Å². The highest BCUT2D eigenvalue weighted by Gasteiger charge is 2.33. The van der Waals surface area contributed by atoms with Crippen molar-refractivity contribution in [1.29, 1.82) is 0 Å². The van der Waals surface area contributed by atoms with Crippen molar-refractivity contribution in [3.63, 3.8) is 0 Å². The van der Waals surface area contributed by atoms with Crippen LogP contribution in [0.3, 0.4) is 0 Å². The van der Waals surface area contributed by atoms with Crippen LogP contribution in [-0.4, -0.2) is 37.3 Å². The van der Waals surface area contributed by atoms with E-state index in [4.69, 9.17) is 4.74 Å². The fraction of sp³-hybridized carbons (Fsp3) is 0.300. The molecule has 0 aromatic heterocycles. The Morgan fingerprint density at radius 3 is 2.77 bits per heavy atom. The molecule has 0 bridgehead atoms. The number of ether oxygens (including phenoxy) is 1. The minimum Gasteiger partial charge on any atom is -0.477 e. The Bertz CT molecular complexity index is 838. The fourth-order valence-electron chi connectivity index (χ4n) is 2.85. The van der Waals surface area contributed by atoms with E-state index < -0.39 is 6.10 Å². The van der Waals surface area contributed by atoms with Gasteiger partial charge in [0, 0.05) is 11.9 Å². The molecule has 6 heteroatoms. The van der Waals surface area contributed by atoms with E-state index in [9.17, 15) is 9.59 Å². The number of para-hydroxylation sites is 2. The van der Waals surface area contributed by atoms with Gasteiger partial charge in [0.05, 0.1) is 18.0 Å². The average molecular weight is 370 g/mol. The lowest BCUT2D eigenvalue weighted by molar-refractivity contribution is -0.127. The molecule has 0 aliphatic carbocycles. The zero-order chi connectivity index (χ0) is 18.7. The third kappa shape index (κ3) is 3.85. The van der Waals surface area contributed by atoms with Crippen molar-refractivity contribution in [3.8, 4) is 5.75 Å². The van der Waals surface area contributed by atoms with Crippen LogP contribution in [-0.2, 0) is 9.59 Å². The summed E-state index contributed by atoms with van der Waals surface area (Å²) in [5.74, 6) is 0.580. The molecule has 1 aliphatic rings. The van der Waals surface area contributed by atoms with Crippen LogP contribution in [0.1, 0.15) is 11.1 Å². The molecule has 5 nitrogen and oxygen atoms in total. The van der Waals surface area contributed by atoms with Gasteiger partial charge < -0.3 is 15.0 Å². The third-order valence-electron chi connectivity index (χ3n) is 4.31. The van der Waals surface area contributed by atoms with Gasteiger partial charge in [-0.3, -0.25) is 9.59 Å². The van der Waals surface area contributed by atoms with Crippen molar-refractivity contribution in [2.24, 2.45) is 0 Å². The number of amides is 2. The Morgan fingerprint density at radius 1 is 1.23 bits per heavy atom. The average Bonchev–Trinajstić information content (AvgIpc) is 2.66. The molecule has 2 amide bonds. The maximum absolute atomic E-state index is 12.9. The normalized spacial score (nSPS) is 15.8. The predicted octanol–water partition coefficient (Wildman–Crippen LogP) is 2.94. The van der Waals surface area contributed by atoms with Crippen molar-refractivity contribution in [1.82, 2.24) is 5.32 Å². The second-order valence-corrected chi connectivity index (χ2v) is 7.27. The fourth-order valence-corrected chi connectivity index (χ4v) is 3.85. The van der Waals surface area contributed by atoms with E-state index in [1.54, 1.807) is 18.0 Å². The van der Waals surface area contributed by atoms with Crippen LogP contribution in [0.5, 0.6) is 5.75 Å². The number of anilines is 1. The Hall–Kier alpha value is -2.47. The van der Waals surface area contributed by atoms with Crippen molar-refractivity contribution in [3.05, 3.63) is 53.6 Å². The molecule has 1 atom stereocenters. The number of fused-ring (bicyclic) bond motifs is 1. The molecule has 0 spiro atoms. The second kappa shape index (κ2) is 7.83. The van der Waals surface area contributed by atoms with Gasteiger partial charge >= 0.3 is 0 Å². The number of carbonyl (C=O) groups is 2. The molecule has 0 saturated heterocycles. The zero-order valence-corrected chi connectivity index (χ0v) is 15.9. The number of carbonyl (C=O) groups excluding carboxylic acids is 2. The monoisotopic (exact) mass is 370 g/mol. The van der Waals surface area contributed by atoms with E-state index in [1.807, 2.05) is 32.0 Å². The third-order valence-corrected chi connectivity index (χ3v) is 5.45. The maximum Gasteiger partial charge on any atom is 0.262 e. The summed E-state index contributed by atoms with van der Waals surface area (Å²) < 4.78 is 5.75. The summed E-state index contributed by atoms with van der Waals surface area (Å²) in [4.78, 5) is 27.7. The highest BCUT2D eigenvalue weighted by Crippen LogP contribution is 2.34. The molecule has 1 heterocycles. The number of hydrogen-bond donors (Lipinski definition) is 1. The van der Waals surface area contributed by atoms with E-state index >= 15 is 0 Å². The molecule has 26 heavy (non-hydrogen) atoms. The lowest BCUT2D eigenvalue weighted by Crippen LogP contribution is -2.50. The predicted molar refractivity (Wildman–Crippen MR) is 104 cm³/mol. The van der Waals surface area contributed by atoms with Crippen LogP contribution in [0.25, 0.3) is 0 Å². The molecule has 1 N–H and O–H groups in total. The van der Waals surface area contributed by atoms with Gasteiger partial charge in [-0.05, 0) is 37.6 Å². The smallest absolute Gasteiger partial charge is 0.262 e. The molecule has 0 radical (unpaired) electrons. The first kappa shape index (κ1) is 18.3. The number of benzene rings is 2. The molecule has 0 fully saturated rings. The highest BCUT2D eigenvalue weighted by molar-refractivity contribution is 8.00. The van der Waals surface area contributed by atoms with Crippen LogP contribution >= 0.6 is 11.8 Å². The Morgan fingerprint density at radius 2 is 2.00 bits per heavy atom. The molecule has 1 aliphatic heterocycles. The summed E-state index contributed by atoms with van der Waals surface area (Å²) in [5.41, 5.74) is 3.03. The second-order valence-electron chi connectivity index (χ2n) is 6.25. The number of nitrogens with one attached hydrogen (secondary N) is 1. The molecule has 3 rings (SSSR count). The number of hydrogen-bond acceptors (Lipinski definition) is 4. The topological polar surface area (TPSA) is 58.6 Å². The van der Waals surface area contributed by atoms with Crippen LogP contribution in [0, 0.1) is 13.8 Å². The van der Waals surface area contributed by atoms with Crippen LogP contribution in [0.4, 0.5) is 5.69 Å². The molecule has 0 unspecified atom stereocenters. The molecular formula is C20H22N2O3S. The Balaban J connectivity index is 1.79. The SMILES string of the molecule is CNC(=O)[C@@H]1CN(C(=O)CSc2cc(C)ccc2C)c2ccccc2O1. The summed E-state index contributed by atoms with van der Waals surface area (Å²) in [6.45, 7) is 4.29. The summed E-state index contributed by atoms with van der Waals surface area (Å²) in [6, 6.07) is 13.5. The van der Waals surface area contributed by atoms with Gasteiger partial charge in [0.2, 0.25) is 5.91 Å². The first-order valence-electron chi connectivity index (χ1n) is 8.47. The van der Waals surface area contributed by atoms with Gasteiger partial charge in [0.1, 0.15) is 5.75 Å². The quantitative estimate of drug-likeness (QED) is 0.841. The lowest BCUT2D eigenvalue weighted by Gasteiger charge is -2.34. The first-order valence-corrected chi connectivity index (χ1v) is 9.46. The largest absolute Gasteiger partial charge is 0.477 e. The van der Waals surface area contributed by atoms with Crippen LogP contribution in [0.15, 0.2) is 47.4 Å². The molecule has 2 aromatic carbocycles. The first-order chi connectivity index (χ1) is 12.5. The number of aryl methyl sites for hydroxylation is 2. The minimum atomic E-state index is -0.704. The number of likely N-dealkylation sites (N-methyl/N-ethyl adjacent to an activating group) is 1. The molecule has 136 valence electrons. The summed E-state index contributed by atoms with van der Waals surface area (Å²) >= 11 is 1.52. The van der Waals surface area contributed by atoms with Crippen molar-refractivity contribution < 1.29 is 14.3 Å². The maximum atomic E-state index is 12.9. The Labute approximate surface area is 157 Å². The van der Waals surface area contributed by atoms with Gasteiger partial charge in [-0.25, -0.2) is 0 Å². The summed E-state index contributed by atoms with van der Waals surface area (Å²) in [6.07, 6.45) is -0.704. The van der Waals surface area contributed by atoms with Gasteiger partial charge in [0.25, 0.3) is 5.91 Å². The van der Waals surface area contributed by atoms with E-state index in [-0.39, 0.29) is 18.4 Å². The van der Waals surface area contributed by atoms with Crippen LogP contribution in [0.2, 0.25) is 0 Å². The lowest BCUT2D eigenvalue weighted by atomic mass is 10.2. The minimum absolute atomic E-state index is 0.0411. The summed E-state index contributed by atoms with van der Waals surface area (Å²) in [7, 11) is 1.56. The van der Waals surface area contributed by atoms with Gasteiger partial charge in [-0.15, -0.1) is 11.8 Å². The van der Waals surface area contributed by atoms with Crippen molar-refractivity contribution in [2.45, 2.75) is 24.8 Å². The van der Waals surface area contributed by atoms with Crippen LogP contribution < -0.4 is 15.0 Å². The number of rotatable bonds is 4.